The van der Waals surface area contributed by atoms with Crippen LogP contribution in [0.15, 0.2) is 23.1 Å². The van der Waals surface area contributed by atoms with Crippen molar-refractivity contribution >= 4 is 21.6 Å². The maximum atomic E-state index is 12.7. The standard InChI is InChI=1S/C19H29N3O3S/c1-13-15(6-5-7-16(13)26(24,25)22-18(2,3)4)21-17(23)14-12-19(14)8-10-20-11-9-19/h5-7,14,20,22H,8-12H2,1-4H3,(H,21,23). The van der Waals surface area contributed by atoms with E-state index in [0.29, 0.717) is 11.3 Å². The van der Waals surface area contributed by atoms with Crippen LogP contribution in [0.2, 0.25) is 0 Å². The van der Waals surface area contributed by atoms with E-state index in [1.807, 2.05) is 0 Å². The summed E-state index contributed by atoms with van der Waals surface area (Å²) in [6, 6.07) is 5.01. The number of nitrogens with one attached hydrogen (secondary N) is 3. The Labute approximate surface area is 156 Å². The molecule has 7 heteroatoms. The third kappa shape index (κ3) is 3.94. The first-order chi connectivity index (χ1) is 12.0. The van der Waals surface area contributed by atoms with Gasteiger partial charge in [0.25, 0.3) is 0 Å². The Balaban J connectivity index is 1.77. The first kappa shape index (κ1) is 19.3. The zero-order valence-electron chi connectivity index (χ0n) is 16.0. The number of sulfonamides is 1. The molecular weight excluding hydrogens is 350 g/mol. The maximum Gasteiger partial charge on any atom is 0.241 e. The third-order valence-electron chi connectivity index (χ3n) is 5.38. The normalized spacial score (nSPS) is 22.2. The minimum absolute atomic E-state index is 0.00771. The van der Waals surface area contributed by atoms with Gasteiger partial charge in [-0.3, -0.25) is 4.79 Å². The Kier molecular flexibility index (Phi) is 4.92. The quantitative estimate of drug-likeness (QED) is 0.750. The van der Waals surface area contributed by atoms with Gasteiger partial charge in [-0.05, 0) is 83.2 Å². The summed E-state index contributed by atoms with van der Waals surface area (Å²) in [5, 5.41) is 6.30. The molecule has 1 aromatic carbocycles. The van der Waals surface area contributed by atoms with Gasteiger partial charge in [-0.2, -0.15) is 0 Å². The molecule has 26 heavy (non-hydrogen) atoms. The lowest BCUT2D eigenvalue weighted by Crippen LogP contribution is -2.40. The highest BCUT2D eigenvalue weighted by Crippen LogP contribution is 2.58. The molecule has 1 aliphatic heterocycles. The van der Waals surface area contributed by atoms with Gasteiger partial charge in [0.05, 0.1) is 4.90 Å². The molecule has 0 bridgehead atoms. The average Bonchev–Trinajstić information content (AvgIpc) is 3.21. The van der Waals surface area contributed by atoms with E-state index in [2.05, 4.69) is 15.4 Å². The van der Waals surface area contributed by atoms with Crippen LogP contribution >= 0.6 is 0 Å². The fourth-order valence-electron chi connectivity index (χ4n) is 3.91. The summed E-state index contributed by atoms with van der Waals surface area (Å²) in [4.78, 5) is 12.9. The van der Waals surface area contributed by atoms with E-state index >= 15 is 0 Å². The van der Waals surface area contributed by atoms with Crippen LogP contribution in [0.1, 0.15) is 45.6 Å². The van der Waals surface area contributed by atoms with Crippen LogP contribution in [0.25, 0.3) is 0 Å². The van der Waals surface area contributed by atoms with Crippen molar-refractivity contribution in [1.82, 2.24) is 10.0 Å². The highest BCUT2D eigenvalue weighted by molar-refractivity contribution is 7.89. The molecule has 3 N–H and O–H groups in total. The van der Waals surface area contributed by atoms with E-state index in [4.69, 9.17) is 0 Å². The molecule has 1 aromatic rings. The molecule has 3 rings (SSSR count). The maximum absolute atomic E-state index is 12.7. The van der Waals surface area contributed by atoms with Gasteiger partial charge in [-0.1, -0.05) is 6.07 Å². The van der Waals surface area contributed by atoms with Crippen molar-refractivity contribution in [3.05, 3.63) is 23.8 Å². The number of hydrogen-bond acceptors (Lipinski definition) is 4. The number of rotatable bonds is 4. The fraction of sp³-hybridized carbons (Fsp3) is 0.632. The highest BCUT2D eigenvalue weighted by Gasteiger charge is 2.57. The second-order valence-corrected chi connectivity index (χ2v) is 10.3. The second-order valence-electron chi connectivity index (χ2n) is 8.64. The Hall–Kier alpha value is -1.44. The van der Waals surface area contributed by atoms with Gasteiger partial charge in [0.1, 0.15) is 0 Å². The number of carbonyl (C=O) groups is 1. The van der Waals surface area contributed by atoms with Gasteiger partial charge in [0, 0.05) is 17.1 Å². The van der Waals surface area contributed by atoms with Gasteiger partial charge in [0.2, 0.25) is 15.9 Å². The van der Waals surface area contributed by atoms with Gasteiger partial charge in [-0.25, -0.2) is 13.1 Å². The average molecular weight is 380 g/mol. The number of anilines is 1. The summed E-state index contributed by atoms with van der Waals surface area (Å²) in [5.41, 5.74) is 0.723. The molecule has 0 aromatic heterocycles. The van der Waals surface area contributed by atoms with Gasteiger partial charge in [0.15, 0.2) is 0 Å². The molecule has 1 atom stereocenters. The first-order valence-corrected chi connectivity index (χ1v) is 10.7. The topological polar surface area (TPSA) is 87.3 Å². The summed E-state index contributed by atoms with van der Waals surface area (Å²) in [5.74, 6) is 0.0466. The van der Waals surface area contributed by atoms with E-state index in [9.17, 15) is 13.2 Å². The van der Waals surface area contributed by atoms with Crippen molar-refractivity contribution in [3.63, 3.8) is 0 Å². The Morgan fingerprint density at radius 3 is 2.50 bits per heavy atom. The SMILES string of the molecule is Cc1c(NC(=O)C2CC23CCNCC3)cccc1S(=O)(=O)NC(C)(C)C. The van der Waals surface area contributed by atoms with Crippen LogP contribution in [0, 0.1) is 18.3 Å². The molecule has 6 nitrogen and oxygen atoms in total. The van der Waals surface area contributed by atoms with Gasteiger partial charge in [-0.15, -0.1) is 0 Å². The molecule has 1 aliphatic carbocycles. The summed E-state index contributed by atoms with van der Waals surface area (Å²) >= 11 is 0. The predicted octanol–water partition coefficient (Wildman–Crippen LogP) is 2.40. The number of amides is 1. The molecule has 1 amide bonds. The molecule has 2 aliphatic rings. The molecule has 0 radical (unpaired) electrons. The van der Waals surface area contributed by atoms with Crippen LogP contribution in [-0.4, -0.2) is 33.0 Å². The molecule has 1 heterocycles. The number of piperidine rings is 1. The molecule has 1 saturated carbocycles. The predicted molar refractivity (Wildman–Crippen MR) is 103 cm³/mol. The zero-order chi connectivity index (χ0) is 19.2. The molecule has 1 unspecified atom stereocenters. The number of carbonyl (C=O) groups excluding carboxylic acids is 1. The van der Waals surface area contributed by atoms with Crippen LogP contribution in [0.4, 0.5) is 5.69 Å². The molecular formula is C19H29N3O3S. The highest BCUT2D eigenvalue weighted by atomic mass is 32.2. The lowest BCUT2D eigenvalue weighted by atomic mass is 9.91. The van der Waals surface area contributed by atoms with Crippen LogP contribution in [0.3, 0.4) is 0 Å². The lowest BCUT2D eigenvalue weighted by molar-refractivity contribution is -0.118. The monoisotopic (exact) mass is 379 g/mol. The van der Waals surface area contributed by atoms with E-state index in [1.54, 1.807) is 45.9 Å². The van der Waals surface area contributed by atoms with Crippen molar-refractivity contribution in [2.24, 2.45) is 11.3 Å². The smallest absolute Gasteiger partial charge is 0.241 e. The van der Waals surface area contributed by atoms with E-state index in [0.717, 1.165) is 32.4 Å². The second kappa shape index (κ2) is 6.62. The van der Waals surface area contributed by atoms with Crippen molar-refractivity contribution in [3.8, 4) is 0 Å². The number of hydrogen-bond donors (Lipinski definition) is 3. The lowest BCUT2D eigenvalue weighted by Gasteiger charge is -2.23. The van der Waals surface area contributed by atoms with Crippen LogP contribution in [-0.2, 0) is 14.8 Å². The van der Waals surface area contributed by atoms with Crippen molar-refractivity contribution in [2.45, 2.75) is 57.4 Å². The summed E-state index contributed by atoms with van der Waals surface area (Å²) in [6.45, 7) is 9.08. The third-order valence-corrected chi connectivity index (χ3v) is 7.28. The van der Waals surface area contributed by atoms with Crippen molar-refractivity contribution < 1.29 is 13.2 Å². The van der Waals surface area contributed by atoms with Crippen molar-refractivity contribution in [2.75, 3.05) is 18.4 Å². The Morgan fingerprint density at radius 1 is 1.23 bits per heavy atom. The minimum Gasteiger partial charge on any atom is -0.326 e. The summed E-state index contributed by atoms with van der Waals surface area (Å²) < 4.78 is 28.0. The van der Waals surface area contributed by atoms with Gasteiger partial charge >= 0.3 is 0 Å². The Morgan fingerprint density at radius 2 is 1.88 bits per heavy atom. The van der Waals surface area contributed by atoms with E-state index < -0.39 is 15.6 Å². The number of benzene rings is 1. The largest absolute Gasteiger partial charge is 0.326 e. The van der Waals surface area contributed by atoms with Crippen molar-refractivity contribution in [1.29, 1.82) is 0 Å². The van der Waals surface area contributed by atoms with Crippen LogP contribution in [0.5, 0.6) is 0 Å². The zero-order valence-corrected chi connectivity index (χ0v) is 16.8. The molecule has 2 fully saturated rings. The van der Waals surface area contributed by atoms with Crippen LogP contribution < -0.4 is 15.4 Å². The molecule has 1 spiro atoms. The van der Waals surface area contributed by atoms with Gasteiger partial charge < -0.3 is 10.6 Å². The Bertz CT molecular complexity index is 806. The first-order valence-electron chi connectivity index (χ1n) is 9.19. The molecule has 1 saturated heterocycles. The summed E-state index contributed by atoms with van der Waals surface area (Å²) in [6.07, 6.45) is 3.01. The van der Waals surface area contributed by atoms with E-state index in [-0.39, 0.29) is 22.1 Å². The fourth-order valence-corrected chi connectivity index (χ4v) is 5.60. The van der Waals surface area contributed by atoms with E-state index in [1.165, 1.54) is 0 Å². The minimum atomic E-state index is -3.65. The summed E-state index contributed by atoms with van der Waals surface area (Å²) in [7, 11) is -3.65. The molecule has 144 valence electrons.